The van der Waals surface area contributed by atoms with Crippen molar-refractivity contribution in [2.24, 2.45) is 0 Å². The van der Waals surface area contributed by atoms with Crippen LogP contribution in [-0.4, -0.2) is 37.6 Å². The molecule has 2 nitrogen and oxygen atoms in total. The molecule has 1 heterocycles. The third-order valence-corrected chi connectivity index (χ3v) is 3.66. The zero-order valence-corrected chi connectivity index (χ0v) is 11.3. The van der Waals surface area contributed by atoms with Crippen LogP contribution in [0, 0.1) is 5.82 Å². The van der Waals surface area contributed by atoms with Crippen molar-refractivity contribution in [1.29, 1.82) is 0 Å². The van der Waals surface area contributed by atoms with Crippen molar-refractivity contribution >= 4 is 0 Å². The van der Waals surface area contributed by atoms with E-state index in [0.29, 0.717) is 12.0 Å². The van der Waals surface area contributed by atoms with Crippen LogP contribution in [0.4, 0.5) is 4.39 Å². The average Bonchev–Trinajstić information content (AvgIpc) is 2.36. The summed E-state index contributed by atoms with van der Waals surface area (Å²) >= 11 is 0. The molecule has 2 rings (SSSR count). The minimum absolute atomic E-state index is 0.149. The van der Waals surface area contributed by atoms with Crippen molar-refractivity contribution in [3.05, 3.63) is 35.6 Å². The molecule has 0 saturated carbocycles. The van der Waals surface area contributed by atoms with E-state index in [-0.39, 0.29) is 5.82 Å². The Morgan fingerprint density at radius 3 is 2.67 bits per heavy atom. The lowest BCUT2D eigenvalue weighted by Gasteiger charge is -2.36. The largest absolute Gasteiger partial charge is 0.313 e. The summed E-state index contributed by atoms with van der Waals surface area (Å²) in [7, 11) is 2.16. The first-order chi connectivity index (χ1) is 8.69. The average molecular weight is 250 g/mol. The first-order valence-corrected chi connectivity index (χ1v) is 6.86. The summed E-state index contributed by atoms with van der Waals surface area (Å²) in [6.45, 7) is 5.44. The van der Waals surface area contributed by atoms with E-state index in [1.807, 2.05) is 12.1 Å². The molecule has 1 aromatic rings. The molecule has 2 atom stereocenters. The molecule has 0 amide bonds. The molecule has 100 valence electrons. The van der Waals surface area contributed by atoms with Crippen LogP contribution in [0.1, 0.15) is 31.2 Å². The first-order valence-electron chi connectivity index (χ1n) is 6.86. The lowest BCUT2D eigenvalue weighted by atomic mass is 9.88. The number of piperidine rings is 1. The third kappa shape index (κ3) is 3.53. The van der Waals surface area contributed by atoms with Crippen LogP contribution in [0.2, 0.25) is 0 Å². The summed E-state index contributed by atoms with van der Waals surface area (Å²) in [6.07, 6.45) is 2.32. The van der Waals surface area contributed by atoms with E-state index in [2.05, 4.69) is 24.2 Å². The maximum atomic E-state index is 13.0. The van der Waals surface area contributed by atoms with E-state index in [4.69, 9.17) is 0 Å². The molecule has 1 aromatic carbocycles. The van der Waals surface area contributed by atoms with Gasteiger partial charge in [-0.15, -0.1) is 0 Å². The molecule has 0 bridgehead atoms. The van der Waals surface area contributed by atoms with Gasteiger partial charge in [0.1, 0.15) is 5.82 Å². The van der Waals surface area contributed by atoms with Crippen molar-refractivity contribution in [1.82, 2.24) is 10.2 Å². The van der Waals surface area contributed by atoms with E-state index in [0.717, 1.165) is 26.1 Å². The third-order valence-electron chi connectivity index (χ3n) is 3.66. The number of rotatable bonds is 4. The van der Waals surface area contributed by atoms with Crippen molar-refractivity contribution in [3.8, 4) is 0 Å². The van der Waals surface area contributed by atoms with E-state index >= 15 is 0 Å². The molecule has 0 radical (unpaired) electrons. The lowest BCUT2D eigenvalue weighted by molar-refractivity contribution is 0.205. The van der Waals surface area contributed by atoms with Gasteiger partial charge in [-0.1, -0.05) is 19.1 Å². The van der Waals surface area contributed by atoms with Gasteiger partial charge in [0.2, 0.25) is 0 Å². The zero-order chi connectivity index (χ0) is 13.0. The standard InChI is InChI=1S/C15H23FN2/c1-3-8-17-15-9-13(10-18(2)11-15)12-4-6-14(16)7-5-12/h4-7,13,15,17H,3,8-11H2,1-2H3. The Morgan fingerprint density at radius 2 is 2.00 bits per heavy atom. The lowest BCUT2D eigenvalue weighted by Crippen LogP contribution is -2.47. The van der Waals surface area contributed by atoms with Crippen LogP contribution >= 0.6 is 0 Å². The van der Waals surface area contributed by atoms with Gasteiger partial charge in [-0.25, -0.2) is 4.39 Å². The molecular formula is C15H23FN2. The van der Waals surface area contributed by atoms with E-state index < -0.39 is 0 Å². The molecule has 1 aliphatic heterocycles. The molecule has 2 unspecified atom stereocenters. The molecule has 0 spiro atoms. The topological polar surface area (TPSA) is 15.3 Å². The van der Waals surface area contributed by atoms with Crippen LogP contribution in [-0.2, 0) is 0 Å². The minimum atomic E-state index is -0.149. The fraction of sp³-hybridized carbons (Fsp3) is 0.600. The summed E-state index contributed by atoms with van der Waals surface area (Å²) in [5.41, 5.74) is 1.26. The summed E-state index contributed by atoms with van der Waals surface area (Å²) in [4.78, 5) is 2.37. The number of hydrogen-bond acceptors (Lipinski definition) is 2. The second-order valence-electron chi connectivity index (χ2n) is 5.36. The molecule has 18 heavy (non-hydrogen) atoms. The summed E-state index contributed by atoms with van der Waals surface area (Å²) in [5.74, 6) is 0.363. The summed E-state index contributed by atoms with van der Waals surface area (Å²) in [6, 6.07) is 7.54. The van der Waals surface area contributed by atoms with Gasteiger partial charge in [-0.05, 0) is 50.0 Å². The molecule has 1 saturated heterocycles. The van der Waals surface area contributed by atoms with Gasteiger partial charge in [-0.2, -0.15) is 0 Å². The monoisotopic (exact) mass is 250 g/mol. The van der Waals surface area contributed by atoms with Crippen molar-refractivity contribution < 1.29 is 4.39 Å². The SMILES string of the molecule is CCCNC1CC(c2ccc(F)cc2)CN(C)C1. The van der Waals surface area contributed by atoms with Crippen molar-refractivity contribution in [2.75, 3.05) is 26.7 Å². The Kier molecular flexibility index (Phi) is 4.72. The smallest absolute Gasteiger partial charge is 0.123 e. The first kappa shape index (κ1) is 13.5. The van der Waals surface area contributed by atoms with Gasteiger partial charge in [0.15, 0.2) is 0 Å². The molecule has 1 fully saturated rings. The maximum absolute atomic E-state index is 13.0. The van der Waals surface area contributed by atoms with Gasteiger partial charge < -0.3 is 10.2 Å². The van der Waals surface area contributed by atoms with Crippen molar-refractivity contribution in [3.63, 3.8) is 0 Å². The van der Waals surface area contributed by atoms with Gasteiger partial charge in [-0.3, -0.25) is 0 Å². The number of benzene rings is 1. The summed E-state index contributed by atoms with van der Waals surface area (Å²) < 4.78 is 13.0. The van der Waals surface area contributed by atoms with Gasteiger partial charge in [0.25, 0.3) is 0 Å². The summed E-state index contributed by atoms with van der Waals surface area (Å²) in [5, 5.41) is 3.60. The number of halogens is 1. The van der Waals surface area contributed by atoms with E-state index in [9.17, 15) is 4.39 Å². The number of nitrogens with zero attached hydrogens (tertiary/aromatic N) is 1. The zero-order valence-electron chi connectivity index (χ0n) is 11.3. The molecule has 1 aliphatic rings. The van der Waals surface area contributed by atoms with Crippen LogP contribution in [0.15, 0.2) is 24.3 Å². The van der Waals surface area contributed by atoms with Crippen LogP contribution in [0.5, 0.6) is 0 Å². The highest BCUT2D eigenvalue weighted by Gasteiger charge is 2.25. The fourth-order valence-electron chi connectivity index (χ4n) is 2.79. The van der Waals surface area contributed by atoms with Crippen LogP contribution < -0.4 is 5.32 Å². The highest BCUT2D eigenvalue weighted by Crippen LogP contribution is 2.26. The predicted molar refractivity (Wildman–Crippen MR) is 73.3 cm³/mol. The van der Waals surface area contributed by atoms with Crippen LogP contribution in [0.25, 0.3) is 0 Å². The Morgan fingerprint density at radius 1 is 1.28 bits per heavy atom. The highest BCUT2D eigenvalue weighted by molar-refractivity contribution is 5.22. The highest BCUT2D eigenvalue weighted by atomic mass is 19.1. The number of likely N-dealkylation sites (N-methyl/N-ethyl adjacent to an activating group) is 1. The normalized spacial score (nSPS) is 25.3. The molecule has 0 aromatic heterocycles. The Balaban J connectivity index is 2.01. The van der Waals surface area contributed by atoms with Crippen molar-refractivity contribution in [2.45, 2.75) is 31.7 Å². The second kappa shape index (κ2) is 6.30. The number of likely N-dealkylation sites (tertiary alicyclic amines) is 1. The molecule has 3 heteroatoms. The maximum Gasteiger partial charge on any atom is 0.123 e. The van der Waals surface area contributed by atoms with Crippen LogP contribution in [0.3, 0.4) is 0 Å². The number of hydrogen-bond donors (Lipinski definition) is 1. The van der Waals surface area contributed by atoms with Gasteiger partial charge >= 0.3 is 0 Å². The molecule has 1 N–H and O–H groups in total. The Labute approximate surface area is 109 Å². The van der Waals surface area contributed by atoms with Gasteiger partial charge in [0.05, 0.1) is 0 Å². The molecule has 0 aliphatic carbocycles. The predicted octanol–water partition coefficient (Wildman–Crippen LogP) is 2.61. The number of nitrogens with one attached hydrogen (secondary N) is 1. The Hall–Kier alpha value is -0.930. The minimum Gasteiger partial charge on any atom is -0.313 e. The quantitative estimate of drug-likeness (QED) is 0.883. The van der Waals surface area contributed by atoms with Gasteiger partial charge in [0, 0.05) is 19.1 Å². The van der Waals surface area contributed by atoms with E-state index in [1.54, 1.807) is 12.1 Å². The fourth-order valence-corrected chi connectivity index (χ4v) is 2.79. The second-order valence-corrected chi connectivity index (χ2v) is 5.36. The molecular weight excluding hydrogens is 227 g/mol. The Bertz CT molecular complexity index is 363. The van der Waals surface area contributed by atoms with E-state index in [1.165, 1.54) is 12.0 Å².